The van der Waals surface area contributed by atoms with Crippen LogP contribution in [0.1, 0.15) is 28.3 Å². The van der Waals surface area contributed by atoms with E-state index >= 15 is 0 Å². The van der Waals surface area contributed by atoms with Gasteiger partial charge in [-0.25, -0.2) is 0 Å². The van der Waals surface area contributed by atoms with Gasteiger partial charge in [0.1, 0.15) is 0 Å². The molecule has 3 heteroatoms. The van der Waals surface area contributed by atoms with Gasteiger partial charge in [-0.1, -0.05) is 35.0 Å². The molecule has 0 spiro atoms. The molecule has 2 N–H and O–H groups in total. The number of thiophene rings is 1. The van der Waals surface area contributed by atoms with E-state index in [0.29, 0.717) is 0 Å². The fourth-order valence-electron chi connectivity index (χ4n) is 1.76. The zero-order valence-electron chi connectivity index (χ0n) is 9.82. The first-order valence-electron chi connectivity index (χ1n) is 5.77. The standard InChI is InChI=1S/C14H16BrNS/c1-2-12-7-8-14(17-12)13(16)9-10-3-5-11(15)6-4-10/h3-8,13H,2,9,16H2,1H3. The Morgan fingerprint density at radius 3 is 2.47 bits per heavy atom. The second kappa shape index (κ2) is 5.80. The van der Waals surface area contributed by atoms with Gasteiger partial charge in [0.2, 0.25) is 0 Å². The molecule has 0 saturated carbocycles. The van der Waals surface area contributed by atoms with Crippen LogP contribution in [0.3, 0.4) is 0 Å². The summed E-state index contributed by atoms with van der Waals surface area (Å²) in [6.45, 7) is 2.18. The summed E-state index contributed by atoms with van der Waals surface area (Å²) < 4.78 is 1.11. The van der Waals surface area contributed by atoms with Crippen molar-refractivity contribution in [2.45, 2.75) is 25.8 Å². The number of benzene rings is 1. The molecule has 0 aliphatic heterocycles. The Balaban J connectivity index is 2.05. The van der Waals surface area contributed by atoms with Crippen LogP contribution in [0.15, 0.2) is 40.9 Å². The van der Waals surface area contributed by atoms with Gasteiger partial charge in [0.05, 0.1) is 0 Å². The minimum atomic E-state index is 0.112. The number of hydrogen-bond acceptors (Lipinski definition) is 2. The third kappa shape index (κ3) is 3.41. The molecule has 1 atom stereocenters. The van der Waals surface area contributed by atoms with Crippen LogP contribution in [0.4, 0.5) is 0 Å². The van der Waals surface area contributed by atoms with E-state index in [1.807, 2.05) is 11.3 Å². The first-order valence-corrected chi connectivity index (χ1v) is 7.38. The molecular formula is C14H16BrNS. The van der Waals surface area contributed by atoms with Crippen LogP contribution in [0.25, 0.3) is 0 Å². The first-order chi connectivity index (χ1) is 8.19. The Bertz CT molecular complexity index is 475. The van der Waals surface area contributed by atoms with Crippen molar-refractivity contribution in [1.29, 1.82) is 0 Å². The van der Waals surface area contributed by atoms with Crippen LogP contribution >= 0.6 is 27.3 Å². The molecule has 0 fully saturated rings. The monoisotopic (exact) mass is 309 g/mol. The fraction of sp³-hybridized carbons (Fsp3) is 0.286. The molecule has 1 aromatic carbocycles. The number of nitrogens with two attached hydrogens (primary N) is 1. The summed E-state index contributed by atoms with van der Waals surface area (Å²) in [6, 6.07) is 12.8. The molecular weight excluding hydrogens is 294 g/mol. The summed E-state index contributed by atoms with van der Waals surface area (Å²) in [5.41, 5.74) is 7.52. The number of aryl methyl sites for hydroxylation is 1. The average molecular weight is 310 g/mol. The Kier molecular flexibility index (Phi) is 4.37. The lowest BCUT2D eigenvalue weighted by Gasteiger charge is -2.09. The molecule has 0 radical (unpaired) electrons. The molecule has 1 aromatic heterocycles. The van der Waals surface area contributed by atoms with Gasteiger partial charge in [-0.05, 0) is 42.7 Å². The van der Waals surface area contributed by atoms with E-state index in [2.05, 4.69) is 59.3 Å². The zero-order chi connectivity index (χ0) is 12.3. The average Bonchev–Trinajstić information content (AvgIpc) is 2.81. The van der Waals surface area contributed by atoms with Crippen LogP contribution in [0, 0.1) is 0 Å². The highest BCUT2D eigenvalue weighted by atomic mass is 79.9. The smallest absolute Gasteiger partial charge is 0.0430 e. The summed E-state index contributed by atoms with van der Waals surface area (Å²) in [6.07, 6.45) is 1.99. The van der Waals surface area contributed by atoms with Crippen LogP contribution in [-0.2, 0) is 12.8 Å². The largest absolute Gasteiger partial charge is 0.323 e. The van der Waals surface area contributed by atoms with Gasteiger partial charge in [-0.2, -0.15) is 0 Å². The van der Waals surface area contributed by atoms with Gasteiger partial charge in [0.25, 0.3) is 0 Å². The predicted octanol–water partition coefficient (Wildman–Crippen LogP) is 4.32. The normalized spacial score (nSPS) is 12.6. The van der Waals surface area contributed by atoms with Crippen molar-refractivity contribution in [3.8, 4) is 0 Å². The summed E-state index contributed by atoms with van der Waals surface area (Å²) in [7, 11) is 0. The van der Waals surface area contributed by atoms with E-state index in [-0.39, 0.29) is 6.04 Å². The quantitative estimate of drug-likeness (QED) is 0.894. The van der Waals surface area contributed by atoms with E-state index < -0.39 is 0 Å². The van der Waals surface area contributed by atoms with Crippen molar-refractivity contribution < 1.29 is 0 Å². The van der Waals surface area contributed by atoms with Gasteiger partial charge in [0.15, 0.2) is 0 Å². The van der Waals surface area contributed by atoms with Gasteiger partial charge in [-0.15, -0.1) is 11.3 Å². The Morgan fingerprint density at radius 1 is 1.18 bits per heavy atom. The molecule has 1 unspecified atom stereocenters. The van der Waals surface area contributed by atoms with Crippen LogP contribution < -0.4 is 5.73 Å². The predicted molar refractivity (Wildman–Crippen MR) is 78.5 cm³/mol. The summed E-state index contributed by atoms with van der Waals surface area (Å²) in [5.74, 6) is 0. The molecule has 0 saturated heterocycles. The highest BCUT2D eigenvalue weighted by Gasteiger charge is 2.09. The van der Waals surface area contributed by atoms with E-state index in [0.717, 1.165) is 17.3 Å². The lowest BCUT2D eigenvalue weighted by Crippen LogP contribution is -2.11. The van der Waals surface area contributed by atoms with E-state index in [4.69, 9.17) is 5.73 Å². The minimum Gasteiger partial charge on any atom is -0.323 e. The van der Waals surface area contributed by atoms with Crippen LogP contribution in [0.2, 0.25) is 0 Å². The third-order valence-corrected chi connectivity index (χ3v) is 4.66. The van der Waals surface area contributed by atoms with E-state index in [1.54, 1.807) is 0 Å². The van der Waals surface area contributed by atoms with Crippen molar-refractivity contribution in [3.63, 3.8) is 0 Å². The lowest BCUT2D eigenvalue weighted by molar-refractivity contribution is 0.736. The van der Waals surface area contributed by atoms with Gasteiger partial charge in [-0.3, -0.25) is 0 Å². The lowest BCUT2D eigenvalue weighted by atomic mass is 10.1. The maximum absolute atomic E-state index is 6.23. The molecule has 1 heterocycles. The summed E-state index contributed by atoms with van der Waals surface area (Å²) >= 11 is 5.27. The van der Waals surface area contributed by atoms with E-state index in [9.17, 15) is 0 Å². The van der Waals surface area contributed by atoms with Crippen molar-refractivity contribution >= 4 is 27.3 Å². The molecule has 0 amide bonds. The SMILES string of the molecule is CCc1ccc(C(N)Cc2ccc(Br)cc2)s1. The Hall–Kier alpha value is -0.640. The third-order valence-electron chi connectivity index (χ3n) is 2.77. The highest BCUT2D eigenvalue weighted by molar-refractivity contribution is 9.10. The van der Waals surface area contributed by atoms with Crippen molar-refractivity contribution in [2.24, 2.45) is 5.73 Å². The summed E-state index contributed by atoms with van der Waals surface area (Å²) in [5, 5.41) is 0. The summed E-state index contributed by atoms with van der Waals surface area (Å²) in [4.78, 5) is 2.69. The first kappa shape index (κ1) is 12.8. The number of halogens is 1. The van der Waals surface area contributed by atoms with Crippen LogP contribution in [-0.4, -0.2) is 0 Å². The second-order valence-corrected chi connectivity index (χ2v) is 6.21. The highest BCUT2D eigenvalue weighted by Crippen LogP contribution is 2.25. The molecule has 2 rings (SSSR count). The van der Waals surface area contributed by atoms with Crippen LogP contribution in [0.5, 0.6) is 0 Å². The minimum absolute atomic E-state index is 0.112. The number of hydrogen-bond donors (Lipinski definition) is 1. The van der Waals surface area contributed by atoms with Gasteiger partial charge in [0, 0.05) is 20.3 Å². The maximum Gasteiger partial charge on any atom is 0.0430 e. The fourth-order valence-corrected chi connectivity index (χ4v) is 2.98. The zero-order valence-corrected chi connectivity index (χ0v) is 12.2. The number of rotatable bonds is 4. The van der Waals surface area contributed by atoms with Gasteiger partial charge < -0.3 is 5.73 Å². The molecule has 0 aliphatic carbocycles. The molecule has 1 nitrogen and oxygen atoms in total. The molecule has 90 valence electrons. The topological polar surface area (TPSA) is 26.0 Å². The Morgan fingerprint density at radius 2 is 1.88 bits per heavy atom. The van der Waals surface area contributed by atoms with Crippen molar-refractivity contribution in [1.82, 2.24) is 0 Å². The molecule has 0 bridgehead atoms. The second-order valence-electron chi connectivity index (χ2n) is 4.09. The Labute approximate surface area is 115 Å². The molecule has 17 heavy (non-hydrogen) atoms. The maximum atomic E-state index is 6.23. The van der Waals surface area contributed by atoms with Crippen molar-refractivity contribution in [2.75, 3.05) is 0 Å². The van der Waals surface area contributed by atoms with Gasteiger partial charge >= 0.3 is 0 Å². The van der Waals surface area contributed by atoms with E-state index in [1.165, 1.54) is 15.3 Å². The molecule has 2 aromatic rings. The molecule has 0 aliphatic rings. The van der Waals surface area contributed by atoms with Crippen molar-refractivity contribution in [3.05, 3.63) is 56.2 Å².